The van der Waals surface area contributed by atoms with E-state index in [4.69, 9.17) is 17.2 Å². The molecule has 3 rings (SSSR count). The van der Waals surface area contributed by atoms with Crippen molar-refractivity contribution in [2.75, 3.05) is 13.2 Å². The molecule has 0 aromatic heterocycles. The van der Waals surface area contributed by atoms with Crippen molar-refractivity contribution in [2.24, 2.45) is 46.8 Å². The zero-order chi connectivity index (χ0) is 79.3. The lowest BCUT2D eigenvalue weighted by Gasteiger charge is -2.30. The summed E-state index contributed by atoms with van der Waals surface area (Å²) < 4.78 is 0. The van der Waals surface area contributed by atoms with Gasteiger partial charge < -0.3 is 91.0 Å². The number of nitrogens with two attached hydrogens (primary N) is 3. The molecule has 3 aromatic carbocycles. The summed E-state index contributed by atoms with van der Waals surface area (Å²) in [7, 11) is 0. The number of aliphatic carboxylic acids is 2. The molecule has 0 heterocycles. The summed E-state index contributed by atoms with van der Waals surface area (Å²) in [5.41, 5.74) is 18.9. The Bertz CT molecular complexity index is 3370. The molecule has 31 nitrogen and oxygen atoms in total. The molecule has 0 spiro atoms. The maximum atomic E-state index is 14.9. The summed E-state index contributed by atoms with van der Waals surface area (Å²) in [5, 5.41) is 58.5. The molecular weight excluding hydrogens is 1370 g/mol. The van der Waals surface area contributed by atoms with Crippen molar-refractivity contribution in [1.82, 2.24) is 58.5 Å². The van der Waals surface area contributed by atoms with Crippen LogP contribution >= 0.6 is 0 Å². The van der Waals surface area contributed by atoms with E-state index in [1.807, 2.05) is 0 Å². The number of amides is 12. The highest BCUT2D eigenvalue weighted by molar-refractivity contribution is 6.00. The summed E-state index contributed by atoms with van der Waals surface area (Å²) in [5.74, 6) is -16.2. The number of primary amides is 1. The monoisotopic (exact) mass is 1480 g/mol. The Kier molecular flexibility index (Phi) is 39.9. The van der Waals surface area contributed by atoms with Crippen LogP contribution in [0, 0.1) is 29.6 Å². The molecular formula is C75H114N14O17. The molecule has 3 aromatic rings. The first kappa shape index (κ1) is 90.3. The van der Waals surface area contributed by atoms with Gasteiger partial charge in [0.15, 0.2) is 0 Å². The van der Waals surface area contributed by atoms with Gasteiger partial charge >= 0.3 is 11.9 Å². The van der Waals surface area contributed by atoms with Gasteiger partial charge in [-0.25, -0.2) is 4.79 Å². The summed E-state index contributed by atoms with van der Waals surface area (Å²) in [6, 6.07) is 8.09. The molecule has 0 unspecified atom stereocenters. The van der Waals surface area contributed by atoms with Gasteiger partial charge in [-0.2, -0.15) is 0 Å². The topological polar surface area (TPSA) is 510 Å². The van der Waals surface area contributed by atoms with Gasteiger partial charge in [-0.05, 0) is 84.9 Å². The normalized spacial score (nSPS) is 15.8. The lowest BCUT2D eigenvalue weighted by molar-refractivity contribution is -0.144. The zero-order valence-corrected chi connectivity index (χ0v) is 62.6. The number of unbranched alkanes of at least 4 members (excludes halogenated alkanes) is 1. The maximum Gasteiger partial charge on any atom is 0.326 e. The molecule has 0 saturated heterocycles. The molecule has 0 aliphatic carbocycles. The van der Waals surface area contributed by atoms with E-state index in [1.54, 1.807) is 160 Å². The van der Waals surface area contributed by atoms with Crippen LogP contribution in [0.3, 0.4) is 0 Å². The standard InChI is InChI=1S/C75H114N14O17/c1-11-43(7)60(72(102)84-56(39-49-30-22-17-23-31-49)71(101)89-63(75(105)106)46(10)14-4)87-70(100)55(38-48-28-20-16-21-29-48)83-67(97)53(36-42(5)6)81-65(95)51(32-24-25-35-76)79-66(96)52(33-34-59(92)93)80-68(98)54(37-47-26-18-15-19-27-47)82-69(99)57(40-58(78)91)85-73(103)61(44(8)12-2)88-74(104)62(45(9)13-3)86-64(94)50(77)41-90/h15-23,26-31,42-46,50-57,60-63,90H,11-14,24-25,32-41,76-77H2,1-10H3,(H2,78,91)(H,79,96)(H,80,98)(H,81,95)(H,82,99)(H,83,97)(H,84,102)(H,85,103)(H,86,94)(H,87,100)(H,88,104)(H,89,101)(H,92,93)(H,105,106)/t43-,44-,45-,46-,50-,51-,52-,53-,54-,55-,56-,57-,60-,61-,62-,63-/m0/s1. The molecule has 16 atom stereocenters. The third-order valence-electron chi connectivity index (χ3n) is 18.7. The SMILES string of the molecule is CC[C@H](C)[C@H](NC(=O)[C@H](Cc1ccccc1)NC(=O)[C@@H](NC(=O)[C@H](Cc1ccccc1)NC(=O)[C@H](CC(C)C)NC(=O)[C@H](CCCCN)NC(=O)[C@H](CCC(=O)O)NC(=O)[C@H](Cc1ccccc1)NC(=O)[C@H](CC(N)=O)NC(=O)[C@@H](NC(=O)[C@@H](NC(=O)[C@@H](N)CO)[C@@H](C)CC)[C@@H](C)CC)[C@@H](C)CC)C(=O)O. The molecule has 106 heavy (non-hydrogen) atoms. The minimum atomic E-state index is -1.80. The van der Waals surface area contributed by atoms with Crippen LogP contribution in [0.2, 0.25) is 0 Å². The van der Waals surface area contributed by atoms with Crippen molar-refractivity contribution in [2.45, 2.75) is 232 Å². The largest absolute Gasteiger partial charge is 0.481 e. The minimum Gasteiger partial charge on any atom is -0.481 e. The molecule has 12 amide bonds. The third kappa shape index (κ3) is 31.1. The number of carbonyl (C=O) groups excluding carboxylic acids is 12. The Morgan fingerprint density at radius 1 is 0.377 bits per heavy atom. The number of nitrogens with one attached hydrogen (secondary N) is 11. The van der Waals surface area contributed by atoms with Gasteiger partial charge in [-0.15, -0.1) is 0 Å². The van der Waals surface area contributed by atoms with Crippen LogP contribution in [0.25, 0.3) is 0 Å². The highest BCUT2D eigenvalue weighted by Crippen LogP contribution is 2.18. The number of carboxylic acid groups (broad SMARTS) is 2. The van der Waals surface area contributed by atoms with Gasteiger partial charge in [0.25, 0.3) is 0 Å². The van der Waals surface area contributed by atoms with Crippen LogP contribution in [-0.2, 0) is 86.4 Å². The summed E-state index contributed by atoms with van der Waals surface area (Å²) in [6.45, 7) is 16.7. The number of aliphatic hydroxyl groups is 1. The van der Waals surface area contributed by atoms with E-state index in [9.17, 15) is 82.4 Å². The van der Waals surface area contributed by atoms with Crippen molar-refractivity contribution in [3.8, 4) is 0 Å². The fourth-order valence-electron chi connectivity index (χ4n) is 11.4. The molecule has 586 valence electrons. The van der Waals surface area contributed by atoms with E-state index in [0.29, 0.717) is 48.8 Å². The Balaban J connectivity index is 2.04. The maximum absolute atomic E-state index is 14.9. The number of hydrogen-bond donors (Lipinski definition) is 17. The van der Waals surface area contributed by atoms with E-state index in [0.717, 1.165) is 0 Å². The molecule has 31 heteroatoms. The quantitative estimate of drug-likeness (QED) is 0.0343. The number of hydrogen-bond acceptors (Lipinski definition) is 17. The zero-order valence-electron chi connectivity index (χ0n) is 62.6. The summed E-state index contributed by atoms with van der Waals surface area (Å²) >= 11 is 0. The first-order valence-electron chi connectivity index (χ1n) is 36.5. The molecule has 0 saturated carbocycles. The number of carboxylic acids is 2. The van der Waals surface area contributed by atoms with Gasteiger partial charge in [0.2, 0.25) is 70.9 Å². The van der Waals surface area contributed by atoms with Gasteiger partial charge in [-0.1, -0.05) is 186 Å². The highest BCUT2D eigenvalue weighted by atomic mass is 16.4. The molecule has 0 bridgehead atoms. The van der Waals surface area contributed by atoms with Gasteiger partial charge in [0.1, 0.15) is 72.5 Å². The molecule has 0 aliphatic heterocycles. The lowest BCUT2D eigenvalue weighted by atomic mass is 9.94. The van der Waals surface area contributed by atoms with E-state index in [1.165, 1.54) is 0 Å². The van der Waals surface area contributed by atoms with Crippen LogP contribution in [0.1, 0.15) is 157 Å². The second-order valence-corrected chi connectivity index (χ2v) is 27.6. The van der Waals surface area contributed by atoms with Gasteiger partial charge in [-0.3, -0.25) is 62.3 Å². The fourth-order valence-corrected chi connectivity index (χ4v) is 11.4. The van der Waals surface area contributed by atoms with Crippen molar-refractivity contribution in [3.63, 3.8) is 0 Å². The first-order valence-corrected chi connectivity index (χ1v) is 36.5. The fraction of sp³-hybridized carbons (Fsp3) is 0.573. The predicted molar refractivity (Wildman–Crippen MR) is 395 cm³/mol. The average Bonchev–Trinajstić information content (AvgIpc) is 0.838. The Morgan fingerprint density at radius 2 is 0.679 bits per heavy atom. The molecule has 0 aliphatic rings. The Morgan fingerprint density at radius 3 is 1.05 bits per heavy atom. The molecule has 0 radical (unpaired) electrons. The van der Waals surface area contributed by atoms with Gasteiger partial charge in [0, 0.05) is 25.7 Å². The first-order chi connectivity index (χ1) is 50.2. The van der Waals surface area contributed by atoms with E-state index >= 15 is 0 Å². The van der Waals surface area contributed by atoms with Crippen molar-refractivity contribution < 1.29 is 82.4 Å². The molecule has 20 N–H and O–H groups in total. The number of carbonyl (C=O) groups is 14. The smallest absolute Gasteiger partial charge is 0.326 e. The van der Waals surface area contributed by atoms with Crippen LogP contribution in [-0.4, -0.2) is 184 Å². The van der Waals surface area contributed by atoms with E-state index in [-0.39, 0.29) is 51.0 Å². The van der Waals surface area contributed by atoms with Crippen molar-refractivity contribution in [1.29, 1.82) is 0 Å². The number of aliphatic hydroxyl groups excluding tert-OH is 1. The lowest BCUT2D eigenvalue weighted by Crippen LogP contribution is -2.62. The van der Waals surface area contributed by atoms with Crippen LogP contribution in [0.5, 0.6) is 0 Å². The Hall–Kier alpha value is -9.88. The predicted octanol–water partition coefficient (Wildman–Crippen LogP) is 0.551. The van der Waals surface area contributed by atoms with E-state index < -0.39 is 205 Å². The van der Waals surface area contributed by atoms with Gasteiger partial charge in [0.05, 0.1) is 13.0 Å². The van der Waals surface area contributed by atoms with Crippen LogP contribution in [0.15, 0.2) is 91.0 Å². The number of rotatable bonds is 49. The van der Waals surface area contributed by atoms with E-state index in [2.05, 4.69) is 58.5 Å². The summed E-state index contributed by atoms with van der Waals surface area (Å²) in [4.78, 5) is 195. The van der Waals surface area contributed by atoms with Crippen molar-refractivity contribution >= 4 is 82.8 Å². The number of benzene rings is 3. The second kappa shape index (κ2) is 46.8. The third-order valence-corrected chi connectivity index (χ3v) is 18.7. The summed E-state index contributed by atoms with van der Waals surface area (Å²) in [6.07, 6.45) is -0.731. The minimum absolute atomic E-state index is 0.0313. The van der Waals surface area contributed by atoms with Crippen LogP contribution in [0.4, 0.5) is 0 Å². The highest BCUT2D eigenvalue weighted by Gasteiger charge is 2.40. The average molecular weight is 1480 g/mol. The van der Waals surface area contributed by atoms with Crippen molar-refractivity contribution in [3.05, 3.63) is 108 Å². The van der Waals surface area contributed by atoms with Crippen LogP contribution < -0.4 is 75.7 Å². The second-order valence-electron chi connectivity index (χ2n) is 27.6. The molecule has 0 fully saturated rings. The Labute approximate surface area is 620 Å².